The maximum absolute atomic E-state index is 13.5. The van der Waals surface area contributed by atoms with Crippen molar-refractivity contribution < 1.29 is 47.4 Å². The van der Waals surface area contributed by atoms with E-state index in [-0.39, 0.29) is 11.9 Å². The topological polar surface area (TPSA) is 100 Å². The van der Waals surface area contributed by atoms with Crippen LogP contribution in [0, 0.1) is 0 Å². The number of carbonyl (C=O) groups is 1. The molecule has 11 heteroatoms. The van der Waals surface area contributed by atoms with Gasteiger partial charge in [0.1, 0.15) is 30.7 Å². The lowest BCUT2D eigenvalue weighted by Crippen LogP contribution is -2.39. The monoisotopic (exact) mass is 589 g/mol. The second-order valence-electron chi connectivity index (χ2n) is 8.81. The van der Waals surface area contributed by atoms with E-state index >= 15 is 0 Å². The molecule has 10 nitrogen and oxygen atoms in total. The molecule has 0 unspecified atom stereocenters. The summed E-state index contributed by atoms with van der Waals surface area (Å²) in [6.07, 6.45) is 0.00411. The molecule has 0 aliphatic carbocycles. The first-order chi connectivity index (χ1) is 19.7. The van der Waals surface area contributed by atoms with Crippen molar-refractivity contribution in [3.05, 3.63) is 36.4 Å². The zero-order valence-corrected chi connectivity index (χ0v) is 26.1. The molecule has 0 bridgehead atoms. The van der Waals surface area contributed by atoms with E-state index in [0.29, 0.717) is 67.7 Å². The minimum absolute atomic E-state index is 0.00411. The van der Waals surface area contributed by atoms with Gasteiger partial charge in [0.25, 0.3) is 0 Å². The summed E-state index contributed by atoms with van der Waals surface area (Å²) >= 11 is 0. The molecule has 0 aliphatic rings. The summed E-state index contributed by atoms with van der Waals surface area (Å²) in [5.41, 5.74) is 0. The van der Waals surface area contributed by atoms with E-state index in [9.17, 15) is 4.79 Å². The van der Waals surface area contributed by atoms with Crippen LogP contribution in [-0.4, -0.2) is 75.9 Å². The highest BCUT2D eigenvalue weighted by Crippen LogP contribution is 2.66. The molecule has 0 N–H and O–H groups in total. The van der Waals surface area contributed by atoms with E-state index in [0.717, 1.165) is 0 Å². The number of ketones is 1. The lowest BCUT2D eigenvalue weighted by atomic mass is 10.3. The van der Waals surface area contributed by atoms with E-state index in [2.05, 4.69) is 0 Å². The second-order valence-corrected chi connectivity index (χ2v) is 12.1. The average Bonchev–Trinajstić information content (AvgIpc) is 3.01. The van der Waals surface area contributed by atoms with Crippen molar-refractivity contribution >= 4 is 29.0 Å². The van der Waals surface area contributed by atoms with Gasteiger partial charge in [-0.25, -0.2) is 0 Å². The van der Waals surface area contributed by atoms with Crippen LogP contribution in [-0.2, 0) is 4.79 Å². The van der Waals surface area contributed by atoms with Crippen molar-refractivity contribution in [2.45, 2.75) is 6.92 Å². The molecular formula is C30H38O10P+. The molecule has 0 saturated heterocycles. The fourth-order valence-electron chi connectivity index (χ4n) is 5.00. The largest absolute Gasteiger partial charge is 0.496 e. The molecular weight excluding hydrogens is 551 g/mol. The molecule has 222 valence electrons. The predicted molar refractivity (Wildman–Crippen MR) is 160 cm³/mol. The second kappa shape index (κ2) is 13.5. The number of hydrogen-bond donors (Lipinski definition) is 0. The smallest absolute Gasteiger partial charge is 0.189 e. The van der Waals surface area contributed by atoms with Crippen LogP contribution < -0.4 is 58.5 Å². The van der Waals surface area contributed by atoms with Gasteiger partial charge >= 0.3 is 0 Å². The Bertz CT molecular complexity index is 1160. The third-order valence-corrected chi connectivity index (χ3v) is 11.2. The molecule has 3 aromatic rings. The highest BCUT2D eigenvalue weighted by atomic mass is 31.2. The first-order valence-electron chi connectivity index (χ1n) is 12.5. The number of carbonyl (C=O) groups excluding carboxylic acids is 1. The first kappa shape index (κ1) is 31.5. The van der Waals surface area contributed by atoms with Crippen LogP contribution in [0.5, 0.6) is 51.7 Å². The van der Waals surface area contributed by atoms with Crippen LogP contribution >= 0.6 is 7.26 Å². The van der Waals surface area contributed by atoms with Gasteiger partial charge < -0.3 is 42.6 Å². The van der Waals surface area contributed by atoms with Gasteiger partial charge in [-0.2, -0.15) is 0 Å². The van der Waals surface area contributed by atoms with Gasteiger partial charge in [0.05, 0.1) is 64.0 Å². The van der Waals surface area contributed by atoms with E-state index in [1.807, 2.05) is 0 Å². The summed E-state index contributed by atoms with van der Waals surface area (Å²) < 4.78 is 52.6. The Morgan fingerprint density at radius 1 is 0.463 bits per heavy atom. The quantitative estimate of drug-likeness (QED) is 0.259. The number of benzene rings is 3. The number of hydrogen-bond acceptors (Lipinski definition) is 10. The fraction of sp³-hybridized carbons (Fsp3) is 0.367. The Balaban J connectivity index is 2.82. The van der Waals surface area contributed by atoms with Crippen LogP contribution in [0.1, 0.15) is 6.92 Å². The summed E-state index contributed by atoms with van der Waals surface area (Å²) in [4.78, 5) is 13.5. The normalized spacial score (nSPS) is 10.9. The fourth-order valence-corrected chi connectivity index (χ4v) is 10.0. The molecule has 3 rings (SSSR count). The lowest BCUT2D eigenvalue weighted by molar-refractivity contribution is -0.114. The van der Waals surface area contributed by atoms with Crippen LogP contribution in [0.15, 0.2) is 36.4 Å². The Labute approximate surface area is 241 Å². The SMILES string of the molecule is COc1cc(OC)c([P+](CC(C)=O)(c2c(OC)cc(OC)cc2OC)c2c(OC)cc(OC)cc2OC)c(OC)c1. The van der Waals surface area contributed by atoms with Gasteiger partial charge in [0, 0.05) is 36.4 Å². The van der Waals surface area contributed by atoms with E-state index in [1.165, 1.54) is 6.92 Å². The van der Waals surface area contributed by atoms with Crippen LogP contribution in [0.3, 0.4) is 0 Å². The highest BCUT2D eigenvalue weighted by Gasteiger charge is 2.58. The van der Waals surface area contributed by atoms with Gasteiger partial charge in [0.15, 0.2) is 56.2 Å². The summed E-state index contributed by atoms with van der Waals surface area (Å²) in [7, 11) is 10.6. The maximum Gasteiger partial charge on any atom is 0.189 e. The Morgan fingerprint density at radius 3 is 0.829 bits per heavy atom. The molecule has 0 saturated carbocycles. The molecule has 0 fully saturated rings. The van der Waals surface area contributed by atoms with E-state index in [1.54, 1.807) is 100 Å². The van der Waals surface area contributed by atoms with Crippen molar-refractivity contribution in [1.29, 1.82) is 0 Å². The third-order valence-electron chi connectivity index (χ3n) is 6.67. The molecule has 0 aromatic heterocycles. The molecule has 41 heavy (non-hydrogen) atoms. The van der Waals surface area contributed by atoms with E-state index < -0.39 is 7.26 Å². The van der Waals surface area contributed by atoms with Crippen molar-refractivity contribution in [2.75, 3.05) is 70.2 Å². The first-order valence-corrected chi connectivity index (χ1v) is 14.5. The molecule has 0 radical (unpaired) electrons. The number of methoxy groups -OCH3 is 9. The van der Waals surface area contributed by atoms with Gasteiger partial charge in [0.2, 0.25) is 0 Å². The standard InChI is InChI=1S/C30H38O10P/c1-18(31)17-41(28-22(35-5)11-19(32-2)12-23(28)36-6,29-24(37-7)13-20(33-3)14-25(29)38-8)30-26(39-9)15-21(34-4)16-27(30)40-10/h11-16H,17H2,1-10H3/q+1. The third kappa shape index (κ3) is 5.75. The van der Waals surface area contributed by atoms with Gasteiger partial charge in [-0.15, -0.1) is 0 Å². The van der Waals surface area contributed by atoms with Gasteiger partial charge in [-0.1, -0.05) is 0 Å². The lowest BCUT2D eigenvalue weighted by Gasteiger charge is -2.32. The minimum atomic E-state index is -3.29. The molecule has 0 heterocycles. The van der Waals surface area contributed by atoms with Crippen molar-refractivity contribution in [2.24, 2.45) is 0 Å². The highest BCUT2D eigenvalue weighted by molar-refractivity contribution is 7.97. The summed E-state index contributed by atoms with van der Waals surface area (Å²) in [5.74, 6) is 3.96. The summed E-state index contributed by atoms with van der Waals surface area (Å²) in [6.45, 7) is 1.53. The van der Waals surface area contributed by atoms with E-state index in [4.69, 9.17) is 42.6 Å². The maximum atomic E-state index is 13.5. The zero-order chi connectivity index (χ0) is 30.3. The van der Waals surface area contributed by atoms with Gasteiger partial charge in [-0.3, -0.25) is 4.79 Å². The summed E-state index contributed by atoms with van der Waals surface area (Å²) in [6, 6.07) is 10.5. The van der Waals surface area contributed by atoms with Crippen molar-refractivity contribution in [1.82, 2.24) is 0 Å². The molecule has 0 aliphatic heterocycles. The molecule has 3 aromatic carbocycles. The Kier molecular flexibility index (Phi) is 10.4. The molecule has 0 atom stereocenters. The molecule has 0 amide bonds. The molecule has 0 spiro atoms. The minimum Gasteiger partial charge on any atom is -0.496 e. The van der Waals surface area contributed by atoms with Crippen LogP contribution in [0.25, 0.3) is 0 Å². The van der Waals surface area contributed by atoms with Gasteiger partial charge in [-0.05, 0) is 6.92 Å². The van der Waals surface area contributed by atoms with Crippen LogP contribution in [0.4, 0.5) is 0 Å². The number of Topliss-reactive ketones (excluding diaryl/α,β-unsaturated/α-hetero) is 1. The van der Waals surface area contributed by atoms with Crippen molar-refractivity contribution in [3.63, 3.8) is 0 Å². The average molecular weight is 590 g/mol. The van der Waals surface area contributed by atoms with Crippen LogP contribution in [0.2, 0.25) is 0 Å². The zero-order valence-electron chi connectivity index (χ0n) is 25.2. The van der Waals surface area contributed by atoms with Crippen molar-refractivity contribution in [3.8, 4) is 51.7 Å². The Hall–Kier alpha value is -4.04. The summed E-state index contributed by atoms with van der Waals surface area (Å²) in [5, 5.41) is 1.80. The number of rotatable bonds is 14. The predicted octanol–water partition coefficient (Wildman–Crippen LogP) is 3.65. The Morgan fingerprint density at radius 2 is 0.683 bits per heavy atom. The number of ether oxygens (including phenoxy) is 9.